The zero-order valence-corrected chi connectivity index (χ0v) is 18.7. The van der Waals surface area contributed by atoms with Crippen molar-refractivity contribution in [1.82, 2.24) is 16.0 Å². The largest absolute Gasteiger partial charge is 0.368 e. The van der Waals surface area contributed by atoms with Gasteiger partial charge in [-0.25, -0.2) is 4.99 Å². The summed E-state index contributed by atoms with van der Waals surface area (Å²) in [6.07, 6.45) is 4.87. The van der Waals surface area contributed by atoms with Gasteiger partial charge in [0.2, 0.25) is 5.91 Å². The molecule has 0 atom stereocenters. The monoisotopic (exact) mass is 435 g/mol. The third-order valence-electron chi connectivity index (χ3n) is 5.94. The molecule has 7 heteroatoms. The summed E-state index contributed by atoms with van der Waals surface area (Å²) in [4.78, 5) is 27.5. The first-order valence-corrected chi connectivity index (χ1v) is 11.3. The molecule has 0 unspecified atom stereocenters. The molecule has 0 spiro atoms. The van der Waals surface area contributed by atoms with Crippen LogP contribution in [0.1, 0.15) is 54.1 Å². The molecule has 2 aromatic rings. The lowest BCUT2D eigenvalue weighted by atomic mass is 9.79. The van der Waals surface area contributed by atoms with E-state index in [1.54, 1.807) is 12.1 Å². The highest BCUT2D eigenvalue weighted by molar-refractivity contribution is 5.96. The van der Waals surface area contributed by atoms with E-state index in [9.17, 15) is 9.59 Å². The number of nitrogens with zero attached hydrogens (tertiary/aromatic N) is 1. The number of guanidine groups is 1. The fourth-order valence-corrected chi connectivity index (χ4v) is 4.21. The number of carbonyl (C=O) groups is 2. The summed E-state index contributed by atoms with van der Waals surface area (Å²) >= 11 is 0. The fraction of sp³-hybridized carbons (Fsp3) is 0.400. The molecule has 32 heavy (non-hydrogen) atoms. The first kappa shape index (κ1) is 23.3. The molecule has 7 nitrogen and oxygen atoms in total. The third kappa shape index (κ3) is 6.33. The maximum atomic E-state index is 12.0. The Morgan fingerprint density at radius 2 is 1.66 bits per heavy atom. The van der Waals surface area contributed by atoms with Crippen LogP contribution in [0.3, 0.4) is 0 Å². The summed E-state index contributed by atoms with van der Waals surface area (Å²) in [5.41, 5.74) is 8.08. The van der Waals surface area contributed by atoms with Crippen molar-refractivity contribution in [3.63, 3.8) is 0 Å². The predicted molar refractivity (Wildman–Crippen MR) is 127 cm³/mol. The minimum atomic E-state index is -0.570. The SMILES string of the molecule is CCNC(=NCc1ccc(C(=O)NCC(N)=O)cc1)NCC1(c2ccccc2)CCCC1. The number of hydrogen-bond acceptors (Lipinski definition) is 3. The molecule has 0 bridgehead atoms. The quantitative estimate of drug-likeness (QED) is 0.358. The zero-order valence-electron chi connectivity index (χ0n) is 18.7. The first-order chi connectivity index (χ1) is 15.5. The highest BCUT2D eigenvalue weighted by Crippen LogP contribution is 2.40. The van der Waals surface area contributed by atoms with Gasteiger partial charge in [-0.3, -0.25) is 9.59 Å². The molecule has 0 radical (unpaired) electrons. The first-order valence-electron chi connectivity index (χ1n) is 11.3. The Labute approximate surface area is 189 Å². The lowest BCUT2D eigenvalue weighted by Crippen LogP contribution is -2.44. The highest BCUT2D eigenvalue weighted by atomic mass is 16.2. The van der Waals surface area contributed by atoms with E-state index in [2.05, 4.69) is 53.2 Å². The number of nitrogens with two attached hydrogens (primary N) is 1. The van der Waals surface area contributed by atoms with Gasteiger partial charge >= 0.3 is 0 Å². The van der Waals surface area contributed by atoms with Gasteiger partial charge < -0.3 is 21.7 Å². The molecule has 2 amide bonds. The van der Waals surface area contributed by atoms with Crippen molar-refractivity contribution in [2.75, 3.05) is 19.6 Å². The van der Waals surface area contributed by atoms with E-state index in [0.717, 1.165) is 24.6 Å². The number of rotatable bonds is 9. The molecule has 1 aliphatic rings. The van der Waals surface area contributed by atoms with Crippen molar-refractivity contribution < 1.29 is 9.59 Å². The standard InChI is InChI=1S/C25H33N5O2/c1-2-27-24(30-18-25(14-6-7-15-25)21-8-4-3-5-9-21)29-16-19-10-12-20(13-11-19)23(32)28-17-22(26)31/h3-5,8-13H,2,6-7,14-18H2,1H3,(H2,26,31)(H,28,32)(H2,27,29,30). The molecule has 1 fully saturated rings. The van der Waals surface area contributed by atoms with Gasteiger partial charge in [-0.05, 0) is 43.0 Å². The van der Waals surface area contributed by atoms with Crippen LogP contribution in [0.4, 0.5) is 0 Å². The highest BCUT2D eigenvalue weighted by Gasteiger charge is 2.35. The second-order valence-corrected chi connectivity index (χ2v) is 8.25. The Kier molecular flexibility index (Phi) is 8.25. The van der Waals surface area contributed by atoms with Crippen LogP contribution in [-0.2, 0) is 16.8 Å². The number of aliphatic imine (C=N–C) groups is 1. The average Bonchev–Trinajstić information content (AvgIpc) is 3.30. The maximum Gasteiger partial charge on any atom is 0.251 e. The smallest absolute Gasteiger partial charge is 0.251 e. The molecule has 5 N–H and O–H groups in total. The van der Waals surface area contributed by atoms with Crippen molar-refractivity contribution >= 4 is 17.8 Å². The normalized spacial score (nSPS) is 15.2. The summed E-state index contributed by atoms with van der Waals surface area (Å²) in [6, 6.07) is 18.0. The molecular formula is C25H33N5O2. The summed E-state index contributed by atoms with van der Waals surface area (Å²) in [5.74, 6) is -0.103. The molecule has 0 saturated heterocycles. The van der Waals surface area contributed by atoms with Crippen molar-refractivity contribution in [2.45, 2.75) is 44.6 Å². The number of nitrogens with one attached hydrogen (secondary N) is 3. The number of carbonyl (C=O) groups excluding carboxylic acids is 2. The lowest BCUT2D eigenvalue weighted by Gasteiger charge is -2.30. The number of amides is 2. The maximum absolute atomic E-state index is 12.0. The van der Waals surface area contributed by atoms with Gasteiger partial charge in [0.25, 0.3) is 5.91 Å². The second kappa shape index (κ2) is 11.3. The Morgan fingerprint density at radius 3 is 2.28 bits per heavy atom. The Hall–Kier alpha value is -3.35. The molecule has 3 rings (SSSR count). The number of primary amides is 1. The van der Waals surface area contributed by atoms with Gasteiger partial charge in [0, 0.05) is 24.1 Å². The molecular weight excluding hydrogens is 402 g/mol. The van der Waals surface area contributed by atoms with Crippen LogP contribution in [0.5, 0.6) is 0 Å². The zero-order chi connectivity index (χ0) is 22.8. The second-order valence-electron chi connectivity index (χ2n) is 8.25. The van der Waals surface area contributed by atoms with E-state index in [0.29, 0.717) is 12.1 Å². The van der Waals surface area contributed by atoms with E-state index >= 15 is 0 Å². The number of benzene rings is 2. The summed E-state index contributed by atoms with van der Waals surface area (Å²) in [5, 5.41) is 9.38. The fourth-order valence-electron chi connectivity index (χ4n) is 4.21. The van der Waals surface area contributed by atoms with Crippen LogP contribution in [0.2, 0.25) is 0 Å². The molecule has 2 aromatic carbocycles. The topological polar surface area (TPSA) is 109 Å². The third-order valence-corrected chi connectivity index (χ3v) is 5.94. The minimum Gasteiger partial charge on any atom is -0.368 e. The van der Waals surface area contributed by atoms with Crippen LogP contribution in [0.25, 0.3) is 0 Å². The molecule has 0 heterocycles. The minimum absolute atomic E-state index is 0.150. The van der Waals surface area contributed by atoms with Crippen LogP contribution in [0.15, 0.2) is 59.6 Å². The van der Waals surface area contributed by atoms with Crippen molar-refractivity contribution in [3.8, 4) is 0 Å². The van der Waals surface area contributed by atoms with Gasteiger partial charge in [0.15, 0.2) is 5.96 Å². The van der Waals surface area contributed by atoms with Crippen LogP contribution in [0, 0.1) is 0 Å². The van der Waals surface area contributed by atoms with E-state index in [1.807, 2.05) is 12.1 Å². The van der Waals surface area contributed by atoms with Gasteiger partial charge in [-0.1, -0.05) is 55.3 Å². The van der Waals surface area contributed by atoms with E-state index in [4.69, 9.17) is 10.7 Å². The Balaban J connectivity index is 1.62. The average molecular weight is 436 g/mol. The predicted octanol–water partition coefficient (Wildman–Crippen LogP) is 2.47. The number of hydrogen-bond donors (Lipinski definition) is 4. The van der Waals surface area contributed by atoms with Crippen molar-refractivity contribution in [2.24, 2.45) is 10.7 Å². The van der Waals surface area contributed by atoms with Crippen LogP contribution >= 0.6 is 0 Å². The van der Waals surface area contributed by atoms with Gasteiger partial charge in [0.05, 0.1) is 13.1 Å². The van der Waals surface area contributed by atoms with Gasteiger partial charge in [-0.2, -0.15) is 0 Å². The van der Waals surface area contributed by atoms with Crippen molar-refractivity contribution in [3.05, 3.63) is 71.3 Å². The van der Waals surface area contributed by atoms with Gasteiger partial charge in [0.1, 0.15) is 0 Å². The Bertz CT molecular complexity index is 919. The lowest BCUT2D eigenvalue weighted by molar-refractivity contribution is -0.117. The van der Waals surface area contributed by atoms with E-state index < -0.39 is 5.91 Å². The summed E-state index contributed by atoms with van der Waals surface area (Å²) in [7, 11) is 0. The van der Waals surface area contributed by atoms with Crippen molar-refractivity contribution in [1.29, 1.82) is 0 Å². The summed E-state index contributed by atoms with van der Waals surface area (Å²) in [6.45, 7) is 4.01. The van der Waals surface area contributed by atoms with E-state index in [-0.39, 0.29) is 17.9 Å². The molecule has 0 aliphatic heterocycles. The molecule has 1 saturated carbocycles. The van der Waals surface area contributed by atoms with Crippen LogP contribution < -0.4 is 21.7 Å². The van der Waals surface area contributed by atoms with Gasteiger partial charge in [-0.15, -0.1) is 0 Å². The molecule has 170 valence electrons. The van der Waals surface area contributed by atoms with E-state index in [1.165, 1.54) is 31.2 Å². The molecule has 0 aromatic heterocycles. The Morgan fingerprint density at radius 1 is 0.969 bits per heavy atom. The summed E-state index contributed by atoms with van der Waals surface area (Å²) < 4.78 is 0. The van der Waals surface area contributed by atoms with Crippen LogP contribution in [-0.4, -0.2) is 37.4 Å². The molecule has 1 aliphatic carbocycles.